The summed E-state index contributed by atoms with van der Waals surface area (Å²) in [7, 11) is 0. The third-order valence-corrected chi connectivity index (χ3v) is 4.56. The van der Waals surface area contributed by atoms with Gasteiger partial charge in [0.1, 0.15) is 0 Å². The standard InChI is InChI=1S/C15H27N3O3/c1-11-2-3-12(15(16)20)10-18(11)14(19)6-9-21-13-4-7-17-8-5-13/h11-13,17H,2-10H2,1H3,(H2,16,20). The molecule has 6 heteroatoms. The Balaban J connectivity index is 1.74. The molecule has 2 heterocycles. The van der Waals surface area contributed by atoms with Gasteiger partial charge in [0.2, 0.25) is 11.8 Å². The average Bonchev–Trinajstić information content (AvgIpc) is 2.48. The van der Waals surface area contributed by atoms with E-state index >= 15 is 0 Å². The first-order chi connectivity index (χ1) is 10.1. The molecule has 120 valence electrons. The molecule has 2 atom stereocenters. The summed E-state index contributed by atoms with van der Waals surface area (Å²) in [6.45, 7) is 4.93. The zero-order chi connectivity index (χ0) is 15.2. The van der Waals surface area contributed by atoms with Gasteiger partial charge in [-0.2, -0.15) is 0 Å². The maximum Gasteiger partial charge on any atom is 0.225 e. The zero-order valence-corrected chi connectivity index (χ0v) is 12.8. The lowest BCUT2D eigenvalue weighted by Crippen LogP contribution is -2.48. The molecule has 2 unspecified atom stereocenters. The van der Waals surface area contributed by atoms with Gasteiger partial charge in [-0.25, -0.2) is 0 Å². The molecule has 0 radical (unpaired) electrons. The summed E-state index contributed by atoms with van der Waals surface area (Å²) >= 11 is 0. The van der Waals surface area contributed by atoms with Gasteiger partial charge in [0, 0.05) is 12.6 Å². The number of carbonyl (C=O) groups is 2. The Hall–Kier alpha value is -1.14. The lowest BCUT2D eigenvalue weighted by atomic mass is 9.92. The second-order valence-corrected chi connectivity index (χ2v) is 6.14. The molecule has 21 heavy (non-hydrogen) atoms. The van der Waals surface area contributed by atoms with Crippen LogP contribution in [-0.2, 0) is 14.3 Å². The van der Waals surface area contributed by atoms with Crippen LogP contribution < -0.4 is 11.1 Å². The van der Waals surface area contributed by atoms with Gasteiger partial charge in [0.25, 0.3) is 0 Å². The molecule has 2 aliphatic heterocycles. The Morgan fingerprint density at radius 2 is 1.95 bits per heavy atom. The van der Waals surface area contributed by atoms with E-state index in [9.17, 15) is 9.59 Å². The van der Waals surface area contributed by atoms with Crippen LogP contribution in [0, 0.1) is 5.92 Å². The highest BCUT2D eigenvalue weighted by atomic mass is 16.5. The first-order valence-corrected chi connectivity index (χ1v) is 7.99. The highest BCUT2D eigenvalue weighted by molar-refractivity contribution is 5.80. The zero-order valence-electron chi connectivity index (χ0n) is 12.8. The Kier molecular flexibility index (Phi) is 5.99. The van der Waals surface area contributed by atoms with Gasteiger partial charge >= 0.3 is 0 Å². The molecule has 2 amide bonds. The quantitative estimate of drug-likeness (QED) is 0.762. The van der Waals surface area contributed by atoms with Crippen molar-refractivity contribution in [2.75, 3.05) is 26.2 Å². The maximum atomic E-state index is 12.3. The number of ether oxygens (including phenoxy) is 1. The van der Waals surface area contributed by atoms with E-state index in [0.717, 1.165) is 38.8 Å². The number of hydrogen-bond acceptors (Lipinski definition) is 4. The minimum atomic E-state index is -0.300. The fourth-order valence-electron chi connectivity index (χ4n) is 3.11. The van der Waals surface area contributed by atoms with Crippen LogP contribution in [0.4, 0.5) is 0 Å². The van der Waals surface area contributed by atoms with Crippen LogP contribution in [0.3, 0.4) is 0 Å². The minimum absolute atomic E-state index is 0.0717. The van der Waals surface area contributed by atoms with E-state index in [1.807, 2.05) is 6.92 Å². The van der Waals surface area contributed by atoms with Crippen LogP contribution in [0.1, 0.15) is 39.0 Å². The normalized spacial score (nSPS) is 27.6. The number of likely N-dealkylation sites (tertiary alicyclic amines) is 1. The molecule has 0 aliphatic carbocycles. The Labute approximate surface area is 126 Å². The lowest BCUT2D eigenvalue weighted by molar-refractivity contribution is -0.139. The Morgan fingerprint density at radius 3 is 2.62 bits per heavy atom. The van der Waals surface area contributed by atoms with E-state index in [0.29, 0.717) is 19.6 Å². The molecular weight excluding hydrogens is 270 g/mol. The van der Waals surface area contributed by atoms with E-state index in [4.69, 9.17) is 10.5 Å². The molecule has 0 saturated carbocycles. The van der Waals surface area contributed by atoms with Crippen molar-refractivity contribution in [3.05, 3.63) is 0 Å². The highest BCUT2D eigenvalue weighted by Crippen LogP contribution is 2.22. The first-order valence-electron chi connectivity index (χ1n) is 7.99. The molecular formula is C15H27N3O3. The molecule has 2 rings (SSSR count). The van der Waals surface area contributed by atoms with Gasteiger partial charge in [-0.1, -0.05) is 0 Å². The van der Waals surface area contributed by atoms with Gasteiger partial charge in [0.15, 0.2) is 0 Å². The summed E-state index contributed by atoms with van der Waals surface area (Å²) in [5.41, 5.74) is 5.37. The van der Waals surface area contributed by atoms with Crippen molar-refractivity contribution in [2.24, 2.45) is 11.7 Å². The molecule has 2 aliphatic rings. The van der Waals surface area contributed by atoms with Crippen LogP contribution in [0.25, 0.3) is 0 Å². The SMILES string of the molecule is CC1CCC(C(N)=O)CN1C(=O)CCOC1CCNCC1. The number of nitrogens with zero attached hydrogens (tertiary/aromatic N) is 1. The smallest absolute Gasteiger partial charge is 0.225 e. The topological polar surface area (TPSA) is 84.7 Å². The average molecular weight is 297 g/mol. The van der Waals surface area contributed by atoms with Gasteiger partial charge < -0.3 is 20.7 Å². The molecule has 0 bridgehead atoms. The maximum absolute atomic E-state index is 12.3. The predicted molar refractivity (Wildman–Crippen MR) is 79.6 cm³/mol. The molecule has 0 aromatic heterocycles. The fourth-order valence-corrected chi connectivity index (χ4v) is 3.11. The number of nitrogens with one attached hydrogen (secondary N) is 1. The Bertz CT molecular complexity index is 369. The largest absolute Gasteiger partial charge is 0.378 e. The molecule has 0 aromatic rings. The third-order valence-electron chi connectivity index (χ3n) is 4.56. The van der Waals surface area contributed by atoms with E-state index in [2.05, 4.69) is 5.32 Å². The van der Waals surface area contributed by atoms with Crippen LogP contribution in [0.2, 0.25) is 0 Å². The number of nitrogens with two attached hydrogens (primary N) is 1. The lowest BCUT2D eigenvalue weighted by Gasteiger charge is -2.37. The van der Waals surface area contributed by atoms with Gasteiger partial charge in [-0.3, -0.25) is 9.59 Å². The van der Waals surface area contributed by atoms with E-state index < -0.39 is 0 Å². The van der Waals surface area contributed by atoms with Crippen molar-refractivity contribution in [2.45, 2.75) is 51.2 Å². The highest BCUT2D eigenvalue weighted by Gasteiger charge is 2.31. The van der Waals surface area contributed by atoms with Crippen LogP contribution >= 0.6 is 0 Å². The summed E-state index contributed by atoms with van der Waals surface area (Å²) in [4.78, 5) is 25.4. The monoisotopic (exact) mass is 297 g/mol. The summed E-state index contributed by atoms with van der Waals surface area (Å²) in [6.07, 6.45) is 4.31. The fraction of sp³-hybridized carbons (Fsp3) is 0.867. The van der Waals surface area contributed by atoms with Crippen LogP contribution in [0.5, 0.6) is 0 Å². The molecule has 2 saturated heterocycles. The van der Waals surface area contributed by atoms with E-state index in [1.54, 1.807) is 4.90 Å². The summed E-state index contributed by atoms with van der Waals surface area (Å²) in [5, 5.41) is 3.29. The number of primary amides is 1. The Morgan fingerprint density at radius 1 is 1.24 bits per heavy atom. The van der Waals surface area contributed by atoms with Gasteiger partial charge in [0.05, 0.1) is 25.0 Å². The van der Waals surface area contributed by atoms with Crippen molar-refractivity contribution in [3.63, 3.8) is 0 Å². The van der Waals surface area contributed by atoms with Crippen molar-refractivity contribution in [3.8, 4) is 0 Å². The van der Waals surface area contributed by atoms with E-state index in [-0.39, 0.29) is 29.9 Å². The van der Waals surface area contributed by atoms with Crippen molar-refractivity contribution in [1.29, 1.82) is 0 Å². The van der Waals surface area contributed by atoms with E-state index in [1.165, 1.54) is 0 Å². The number of carbonyl (C=O) groups excluding carboxylic acids is 2. The molecule has 6 nitrogen and oxygen atoms in total. The molecule has 2 fully saturated rings. The number of hydrogen-bond donors (Lipinski definition) is 2. The first kappa shape index (κ1) is 16.2. The second kappa shape index (κ2) is 7.75. The molecule has 3 N–H and O–H groups in total. The van der Waals surface area contributed by atoms with Crippen LogP contribution in [0.15, 0.2) is 0 Å². The summed E-state index contributed by atoms with van der Waals surface area (Å²) < 4.78 is 5.77. The van der Waals surface area contributed by atoms with Crippen molar-refractivity contribution in [1.82, 2.24) is 10.2 Å². The second-order valence-electron chi connectivity index (χ2n) is 6.14. The summed E-state index contributed by atoms with van der Waals surface area (Å²) in [5.74, 6) is -0.427. The number of rotatable bonds is 5. The molecule has 0 spiro atoms. The van der Waals surface area contributed by atoms with Gasteiger partial charge in [-0.15, -0.1) is 0 Å². The minimum Gasteiger partial charge on any atom is -0.378 e. The van der Waals surface area contributed by atoms with Crippen molar-refractivity contribution >= 4 is 11.8 Å². The predicted octanol–water partition coefficient (Wildman–Crippen LogP) is 0.258. The molecule has 0 aromatic carbocycles. The van der Waals surface area contributed by atoms with Crippen LogP contribution in [-0.4, -0.2) is 55.1 Å². The van der Waals surface area contributed by atoms with Crippen molar-refractivity contribution < 1.29 is 14.3 Å². The van der Waals surface area contributed by atoms with Gasteiger partial charge in [-0.05, 0) is 45.7 Å². The number of amides is 2. The third kappa shape index (κ3) is 4.68. The summed E-state index contributed by atoms with van der Waals surface area (Å²) in [6, 6.07) is 0.187. The number of piperidine rings is 2.